The fourth-order valence-electron chi connectivity index (χ4n) is 3.11. The molecule has 1 aliphatic rings. The standard InChI is InChI=1S/C18H15F3N4OS/c19-18(20,21)12-3-1-11(2-4-12)16-23-15-5-6-25(8-13-7-22-10-27-13)9-14(15)17(26)24-16/h1-4,7,10H,5-6,8-9H2,(H,23,24,26). The summed E-state index contributed by atoms with van der Waals surface area (Å²) in [5, 5.41) is 0. The lowest BCUT2D eigenvalue weighted by atomic mass is 10.1. The van der Waals surface area contributed by atoms with E-state index in [4.69, 9.17) is 0 Å². The van der Waals surface area contributed by atoms with Crippen molar-refractivity contribution in [3.8, 4) is 11.4 Å². The lowest BCUT2D eigenvalue weighted by Crippen LogP contribution is -2.35. The van der Waals surface area contributed by atoms with Crippen LogP contribution in [0.5, 0.6) is 0 Å². The van der Waals surface area contributed by atoms with E-state index in [9.17, 15) is 18.0 Å². The van der Waals surface area contributed by atoms with Gasteiger partial charge in [0.1, 0.15) is 5.82 Å². The Morgan fingerprint density at radius 3 is 2.67 bits per heavy atom. The van der Waals surface area contributed by atoms with Gasteiger partial charge in [-0.1, -0.05) is 12.1 Å². The summed E-state index contributed by atoms with van der Waals surface area (Å²) >= 11 is 1.57. The smallest absolute Gasteiger partial charge is 0.306 e. The van der Waals surface area contributed by atoms with Crippen molar-refractivity contribution in [2.24, 2.45) is 0 Å². The number of hydrogen-bond acceptors (Lipinski definition) is 5. The lowest BCUT2D eigenvalue weighted by Gasteiger charge is -2.27. The Kier molecular flexibility index (Phi) is 4.56. The average Bonchev–Trinajstić information content (AvgIpc) is 3.14. The molecule has 140 valence electrons. The average molecular weight is 392 g/mol. The SMILES string of the molecule is O=c1[nH]c(-c2ccc(C(F)(F)F)cc2)nc2c1CN(Cc1cncs1)CC2. The van der Waals surface area contributed by atoms with Crippen LogP contribution in [0, 0.1) is 0 Å². The highest BCUT2D eigenvalue weighted by molar-refractivity contribution is 7.09. The second-order valence-corrected chi connectivity index (χ2v) is 7.31. The van der Waals surface area contributed by atoms with E-state index in [0.717, 1.165) is 30.1 Å². The van der Waals surface area contributed by atoms with Crippen molar-refractivity contribution in [3.63, 3.8) is 0 Å². The minimum absolute atomic E-state index is 0.246. The molecule has 0 saturated heterocycles. The normalized spacial score (nSPS) is 14.9. The van der Waals surface area contributed by atoms with Crippen LogP contribution in [-0.2, 0) is 25.7 Å². The molecule has 0 unspecified atom stereocenters. The number of nitrogens with one attached hydrogen (secondary N) is 1. The largest absolute Gasteiger partial charge is 0.416 e. The molecule has 1 aliphatic heterocycles. The van der Waals surface area contributed by atoms with E-state index in [-0.39, 0.29) is 5.56 Å². The molecule has 0 spiro atoms. The number of aromatic amines is 1. The number of aromatic nitrogens is 3. The van der Waals surface area contributed by atoms with Gasteiger partial charge in [-0.15, -0.1) is 11.3 Å². The van der Waals surface area contributed by atoms with Gasteiger partial charge in [0.2, 0.25) is 0 Å². The summed E-state index contributed by atoms with van der Waals surface area (Å²) in [6, 6.07) is 4.63. The maximum absolute atomic E-state index is 12.7. The fraction of sp³-hybridized carbons (Fsp3) is 0.278. The number of rotatable bonds is 3. The number of benzene rings is 1. The molecule has 0 fully saturated rings. The predicted octanol–water partition coefficient (Wildman–Crippen LogP) is 3.47. The Morgan fingerprint density at radius 1 is 1.22 bits per heavy atom. The van der Waals surface area contributed by atoms with Crippen molar-refractivity contribution in [2.45, 2.75) is 25.7 Å². The number of nitrogens with zero attached hydrogens (tertiary/aromatic N) is 3. The molecule has 3 heterocycles. The molecule has 0 radical (unpaired) electrons. The summed E-state index contributed by atoms with van der Waals surface area (Å²) in [7, 11) is 0. The van der Waals surface area contributed by atoms with Crippen LogP contribution in [0.15, 0.2) is 40.8 Å². The van der Waals surface area contributed by atoms with Crippen LogP contribution in [0.1, 0.15) is 21.7 Å². The van der Waals surface area contributed by atoms with E-state index >= 15 is 0 Å². The van der Waals surface area contributed by atoms with E-state index in [1.54, 1.807) is 16.8 Å². The van der Waals surface area contributed by atoms with E-state index in [1.807, 2.05) is 6.20 Å². The summed E-state index contributed by atoms with van der Waals surface area (Å²) in [6.07, 6.45) is -1.96. The molecule has 0 aliphatic carbocycles. The molecule has 4 rings (SSSR count). The molecule has 1 aromatic carbocycles. The van der Waals surface area contributed by atoms with Crippen LogP contribution in [-0.4, -0.2) is 26.4 Å². The van der Waals surface area contributed by atoms with Crippen molar-refractivity contribution in [1.82, 2.24) is 19.9 Å². The third-order valence-electron chi connectivity index (χ3n) is 4.50. The summed E-state index contributed by atoms with van der Waals surface area (Å²) in [6.45, 7) is 1.97. The number of alkyl halides is 3. The monoisotopic (exact) mass is 392 g/mol. The van der Waals surface area contributed by atoms with Crippen LogP contribution >= 0.6 is 11.3 Å². The molecule has 2 aromatic heterocycles. The molecule has 3 aromatic rings. The summed E-state index contributed by atoms with van der Waals surface area (Å²) in [5.41, 5.74) is 2.57. The molecule has 0 saturated carbocycles. The Labute approximate surface area is 156 Å². The summed E-state index contributed by atoms with van der Waals surface area (Å²) in [4.78, 5) is 27.1. The summed E-state index contributed by atoms with van der Waals surface area (Å²) in [5.74, 6) is 0.295. The molecule has 0 bridgehead atoms. The number of fused-ring (bicyclic) bond motifs is 1. The quantitative estimate of drug-likeness (QED) is 0.742. The third kappa shape index (κ3) is 3.79. The third-order valence-corrected chi connectivity index (χ3v) is 5.26. The van der Waals surface area contributed by atoms with Gasteiger partial charge in [-0.3, -0.25) is 14.7 Å². The highest BCUT2D eigenvalue weighted by Crippen LogP contribution is 2.30. The summed E-state index contributed by atoms with van der Waals surface area (Å²) < 4.78 is 38.1. The maximum Gasteiger partial charge on any atom is 0.416 e. The van der Waals surface area contributed by atoms with Gasteiger partial charge in [-0.25, -0.2) is 4.98 Å². The van der Waals surface area contributed by atoms with Gasteiger partial charge >= 0.3 is 6.18 Å². The van der Waals surface area contributed by atoms with Crippen LogP contribution < -0.4 is 5.56 Å². The highest BCUT2D eigenvalue weighted by Gasteiger charge is 2.30. The Bertz CT molecular complexity index is 997. The van der Waals surface area contributed by atoms with Gasteiger partial charge in [0.15, 0.2) is 0 Å². The highest BCUT2D eigenvalue weighted by atomic mass is 32.1. The van der Waals surface area contributed by atoms with Crippen LogP contribution in [0.4, 0.5) is 13.2 Å². The van der Waals surface area contributed by atoms with Crippen molar-refractivity contribution >= 4 is 11.3 Å². The fourth-order valence-corrected chi connectivity index (χ4v) is 3.75. The van der Waals surface area contributed by atoms with Crippen molar-refractivity contribution in [1.29, 1.82) is 0 Å². The molecule has 5 nitrogen and oxygen atoms in total. The van der Waals surface area contributed by atoms with Gasteiger partial charge < -0.3 is 4.98 Å². The van der Waals surface area contributed by atoms with Gasteiger partial charge in [-0.05, 0) is 12.1 Å². The topological polar surface area (TPSA) is 61.9 Å². The zero-order chi connectivity index (χ0) is 19.0. The minimum atomic E-state index is -4.39. The second-order valence-electron chi connectivity index (χ2n) is 6.34. The van der Waals surface area contributed by atoms with E-state index in [1.165, 1.54) is 12.1 Å². The predicted molar refractivity (Wildman–Crippen MR) is 95.2 cm³/mol. The van der Waals surface area contributed by atoms with Crippen molar-refractivity contribution in [2.75, 3.05) is 6.54 Å². The number of H-pyrrole nitrogens is 1. The molecular weight excluding hydrogens is 377 g/mol. The maximum atomic E-state index is 12.7. The van der Waals surface area contributed by atoms with Gasteiger partial charge in [0.25, 0.3) is 5.56 Å². The van der Waals surface area contributed by atoms with Crippen LogP contribution in [0.2, 0.25) is 0 Å². The Hall–Kier alpha value is -2.52. The second kappa shape index (κ2) is 6.90. The minimum Gasteiger partial charge on any atom is -0.306 e. The number of hydrogen-bond donors (Lipinski definition) is 1. The lowest BCUT2D eigenvalue weighted by molar-refractivity contribution is -0.137. The molecule has 0 amide bonds. The van der Waals surface area contributed by atoms with E-state index in [0.29, 0.717) is 35.6 Å². The van der Waals surface area contributed by atoms with E-state index in [2.05, 4.69) is 19.9 Å². The molecular formula is C18H15F3N4OS. The van der Waals surface area contributed by atoms with Crippen molar-refractivity contribution < 1.29 is 13.2 Å². The van der Waals surface area contributed by atoms with Crippen LogP contribution in [0.25, 0.3) is 11.4 Å². The molecule has 27 heavy (non-hydrogen) atoms. The first-order valence-corrected chi connectivity index (χ1v) is 9.17. The van der Waals surface area contributed by atoms with Crippen LogP contribution in [0.3, 0.4) is 0 Å². The first kappa shape index (κ1) is 17.9. The molecule has 1 N–H and O–H groups in total. The first-order valence-electron chi connectivity index (χ1n) is 8.29. The van der Waals surface area contributed by atoms with Gasteiger partial charge in [-0.2, -0.15) is 13.2 Å². The van der Waals surface area contributed by atoms with Gasteiger partial charge in [0, 0.05) is 42.7 Å². The molecule has 9 heteroatoms. The Morgan fingerprint density at radius 2 is 2.00 bits per heavy atom. The number of halogens is 3. The molecule has 0 atom stereocenters. The number of thiazole rings is 1. The first-order chi connectivity index (χ1) is 12.9. The zero-order valence-electron chi connectivity index (χ0n) is 14.1. The van der Waals surface area contributed by atoms with E-state index < -0.39 is 11.7 Å². The van der Waals surface area contributed by atoms with Crippen molar-refractivity contribution in [3.05, 3.63) is 68.0 Å². The van der Waals surface area contributed by atoms with Gasteiger partial charge in [0.05, 0.1) is 22.3 Å². The zero-order valence-corrected chi connectivity index (χ0v) is 14.9. The Balaban J connectivity index is 1.58.